The number of nitrogens with zero attached hydrogens (tertiary/aromatic N) is 3. The Morgan fingerprint density at radius 1 is 0.833 bits per heavy atom. The van der Waals surface area contributed by atoms with Crippen LogP contribution in [0, 0.1) is 0 Å². The van der Waals surface area contributed by atoms with E-state index < -0.39 is 0 Å². The lowest BCUT2D eigenvalue weighted by molar-refractivity contribution is 0.0724. The van der Waals surface area contributed by atoms with E-state index in [2.05, 4.69) is 10.2 Å². The minimum atomic E-state index is 0.0588. The number of likely N-dealkylation sites (tertiary alicyclic amines) is 1. The summed E-state index contributed by atoms with van der Waals surface area (Å²) in [5.74, 6) is 0.0782. The summed E-state index contributed by atoms with van der Waals surface area (Å²) in [4.78, 5) is 31.9. The molecule has 2 heterocycles. The lowest BCUT2D eigenvalue weighted by Crippen LogP contribution is -2.54. The third-order valence-corrected chi connectivity index (χ3v) is 6.73. The molecule has 3 amide bonds. The van der Waals surface area contributed by atoms with Crippen LogP contribution < -0.4 is 16.0 Å². The molecule has 30 heavy (non-hydrogen) atoms. The van der Waals surface area contributed by atoms with Gasteiger partial charge in [0.1, 0.15) is 0 Å². The summed E-state index contributed by atoms with van der Waals surface area (Å²) in [6.07, 6.45) is 9.23. The summed E-state index contributed by atoms with van der Waals surface area (Å²) in [6.45, 7) is 4.43. The van der Waals surface area contributed by atoms with Crippen molar-refractivity contribution in [3.05, 3.63) is 23.8 Å². The zero-order valence-electron chi connectivity index (χ0n) is 17.9. The van der Waals surface area contributed by atoms with Crippen LogP contribution in [0.2, 0.25) is 0 Å². The molecule has 0 aromatic heterocycles. The van der Waals surface area contributed by atoms with E-state index in [9.17, 15) is 9.59 Å². The van der Waals surface area contributed by atoms with Crippen LogP contribution in [-0.4, -0.2) is 67.0 Å². The minimum Gasteiger partial charge on any atom is -0.399 e. The Hall–Kier alpha value is -2.44. The SMILES string of the molecule is Nc1ccc(N2CCN(C(=O)NC3CCCCC3)CC2)c(C(=O)N2CCCCC2)c1. The van der Waals surface area contributed by atoms with E-state index in [1.54, 1.807) is 0 Å². The lowest BCUT2D eigenvalue weighted by atomic mass is 9.96. The summed E-state index contributed by atoms with van der Waals surface area (Å²) in [6, 6.07) is 6.03. The van der Waals surface area contributed by atoms with E-state index >= 15 is 0 Å². The van der Waals surface area contributed by atoms with Crippen molar-refractivity contribution >= 4 is 23.3 Å². The molecular formula is C23H35N5O2. The predicted molar refractivity (Wildman–Crippen MR) is 120 cm³/mol. The number of urea groups is 1. The first-order chi connectivity index (χ1) is 14.6. The fraction of sp³-hybridized carbons (Fsp3) is 0.652. The quantitative estimate of drug-likeness (QED) is 0.746. The third-order valence-electron chi connectivity index (χ3n) is 6.73. The number of nitrogens with two attached hydrogens (primary N) is 1. The molecule has 3 aliphatic rings. The number of nitrogen functional groups attached to an aromatic ring is 1. The van der Waals surface area contributed by atoms with Gasteiger partial charge in [-0.15, -0.1) is 0 Å². The number of hydrogen-bond donors (Lipinski definition) is 2. The van der Waals surface area contributed by atoms with Crippen LogP contribution in [0.5, 0.6) is 0 Å². The molecule has 0 radical (unpaired) electrons. The van der Waals surface area contributed by atoms with Crippen molar-refractivity contribution in [2.24, 2.45) is 0 Å². The molecule has 2 aliphatic heterocycles. The van der Waals surface area contributed by atoms with Crippen molar-refractivity contribution in [1.29, 1.82) is 0 Å². The summed E-state index contributed by atoms with van der Waals surface area (Å²) in [5.41, 5.74) is 8.27. The smallest absolute Gasteiger partial charge is 0.317 e. The van der Waals surface area contributed by atoms with Gasteiger partial charge in [-0.1, -0.05) is 19.3 Å². The van der Waals surface area contributed by atoms with Gasteiger partial charge < -0.3 is 25.8 Å². The maximum atomic E-state index is 13.2. The van der Waals surface area contributed by atoms with E-state index in [1.807, 2.05) is 28.0 Å². The Kier molecular flexibility index (Phi) is 6.65. The number of piperazine rings is 1. The van der Waals surface area contributed by atoms with Crippen molar-refractivity contribution in [2.45, 2.75) is 57.4 Å². The van der Waals surface area contributed by atoms with E-state index in [-0.39, 0.29) is 11.9 Å². The van der Waals surface area contributed by atoms with Crippen molar-refractivity contribution in [2.75, 3.05) is 49.9 Å². The van der Waals surface area contributed by atoms with Crippen LogP contribution >= 0.6 is 0 Å². The number of piperidine rings is 1. The van der Waals surface area contributed by atoms with Gasteiger partial charge in [-0.05, 0) is 50.3 Å². The number of amides is 3. The van der Waals surface area contributed by atoms with Crippen LogP contribution in [0.15, 0.2) is 18.2 Å². The van der Waals surface area contributed by atoms with Gasteiger partial charge in [0.05, 0.1) is 5.56 Å². The molecule has 2 saturated heterocycles. The Balaban J connectivity index is 1.39. The van der Waals surface area contributed by atoms with Gasteiger partial charge in [-0.3, -0.25) is 4.79 Å². The predicted octanol–water partition coefficient (Wildman–Crippen LogP) is 3.06. The molecule has 3 fully saturated rings. The zero-order valence-corrected chi connectivity index (χ0v) is 17.9. The fourth-order valence-electron chi connectivity index (χ4n) is 4.93. The number of carbonyl (C=O) groups is 2. The number of nitrogens with one attached hydrogen (secondary N) is 1. The highest BCUT2D eigenvalue weighted by molar-refractivity contribution is 6.00. The molecule has 1 saturated carbocycles. The standard InChI is InChI=1S/C23H35N5O2/c24-18-9-10-21(20(17-18)22(29)27-11-5-2-6-12-27)26-13-15-28(16-14-26)23(30)25-19-7-3-1-4-8-19/h9-10,17,19H,1-8,11-16,24H2,(H,25,30). The first kappa shape index (κ1) is 20.8. The number of benzene rings is 1. The molecule has 0 bridgehead atoms. The first-order valence-corrected chi connectivity index (χ1v) is 11.6. The number of hydrogen-bond acceptors (Lipinski definition) is 4. The maximum Gasteiger partial charge on any atom is 0.317 e. The van der Waals surface area contributed by atoms with Crippen LogP contribution in [0.1, 0.15) is 61.7 Å². The molecule has 164 valence electrons. The molecule has 1 aliphatic carbocycles. The molecule has 0 spiro atoms. The van der Waals surface area contributed by atoms with Crippen LogP contribution in [0.25, 0.3) is 0 Å². The molecule has 4 rings (SSSR count). The van der Waals surface area contributed by atoms with Crippen LogP contribution in [0.3, 0.4) is 0 Å². The molecular weight excluding hydrogens is 378 g/mol. The molecule has 1 aromatic carbocycles. The van der Waals surface area contributed by atoms with Gasteiger partial charge in [0.25, 0.3) is 5.91 Å². The number of rotatable bonds is 3. The average molecular weight is 414 g/mol. The van der Waals surface area contributed by atoms with Gasteiger partial charge in [-0.25, -0.2) is 4.79 Å². The van der Waals surface area contributed by atoms with Crippen molar-refractivity contribution < 1.29 is 9.59 Å². The van der Waals surface area contributed by atoms with Gasteiger partial charge in [0, 0.05) is 56.7 Å². The zero-order chi connectivity index (χ0) is 20.9. The second kappa shape index (κ2) is 9.58. The number of carbonyl (C=O) groups excluding carboxylic acids is 2. The second-order valence-electron chi connectivity index (χ2n) is 8.89. The Labute approximate surface area is 179 Å². The van der Waals surface area contributed by atoms with Gasteiger partial charge >= 0.3 is 6.03 Å². The molecule has 1 aromatic rings. The van der Waals surface area contributed by atoms with Crippen LogP contribution in [0.4, 0.5) is 16.2 Å². The van der Waals surface area contributed by atoms with E-state index in [0.29, 0.717) is 30.4 Å². The maximum absolute atomic E-state index is 13.2. The van der Waals surface area contributed by atoms with Crippen LogP contribution in [-0.2, 0) is 0 Å². The molecule has 0 atom stereocenters. The highest BCUT2D eigenvalue weighted by atomic mass is 16.2. The van der Waals surface area contributed by atoms with Crippen molar-refractivity contribution in [1.82, 2.24) is 15.1 Å². The summed E-state index contributed by atoms with van der Waals surface area (Å²) < 4.78 is 0. The van der Waals surface area contributed by atoms with Gasteiger partial charge in [-0.2, -0.15) is 0 Å². The van der Waals surface area contributed by atoms with Gasteiger partial charge in [0.2, 0.25) is 0 Å². The monoisotopic (exact) mass is 413 g/mol. The highest BCUT2D eigenvalue weighted by Gasteiger charge is 2.27. The second-order valence-corrected chi connectivity index (χ2v) is 8.89. The van der Waals surface area contributed by atoms with Crippen molar-refractivity contribution in [3.8, 4) is 0 Å². The number of anilines is 2. The lowest BCUT2D eigenvalue weighted by Gasteiger charge is -2.38. The molecule has 3 N–H and O–H groups in total. The Morgan fingerprint density at radius 2 is 1.50 bits per heavy atom. The first-order valence-electron chi connectivity index (χ1n) is 11.6. The average Bonchev–Trinajstić information content (AvgIpc) is 2.80. The normalized spacial score (nSPS) is 20.9. The topological polar surface area (TPSA) is 81.9 Å². The van der Waals surface area contributed by atoms with Crippen molar-refractivity contribution in [3.63, 3.8) is 0 Å². The van der Waals surface area contributed by atoms with E-state index in [4.69, 9.17) is 5.73 Å². The molecule has 7 heteroatoms. The van der Waals surface area contributed by atoms with E-state index in [0.717, 1.165) is 57.5 Å². The van der Waals surface area contributed by atoms with E-state index in [1.165, 1.54) is 25.7 Å². The summed E-state index contributed by atoms with van der Waals surface area (Å²) in [5, 5.41) is 3.21. The minimum absolute atomic E-state index is 0.0588. The third kappa shape index (κ3) is 4.82. The highest BCUT2D eigenvalue weighted by Crippen LogP contribution is 2.27. The summed E-state index contributed by atoms with van der Waals surface area (Å²) in [7, 11) is 0. The Morgan fingerprint density at radius 3 is 2.20 bits per heavy atom. The molecule has 7 nitrogen and oxygen atoms in total. The largest absolute Gasteiger partial charge is 0.399 e. The summed E-state index contributed by atoms with van der Waals surface area (Å²) >= 11 is 0. The Bertz CT molecular complexity index is 748. The molecule has 0 unspecified atom stereocenters. The van der Waals surface area contributed by atoms with Gasteiger partial charge in [0.15, 0.2) is 0 Å². The fourth-order valence-corrected chi connectivity index (χ4v) is 4.93.